The zero-order valence-electron chi connectivity index (χ0n) is 22.3. The van der Waals surface area contributed by atoms with Crippen molar-refractivity contribution in [3.8, 4) is 23.0 Å². The Morgan fingerprint density at radius 2 is 1.76 bits per heavy atom. The molecule has 41 heavy (non-hydrogen) atoms. The minimum Gasteiger partial charge on any atom is -0.454 e. The lowest BCUT2D eigenvalue weighted by Crippen LogP contribution is -2.33. The molecule has 4 heterocycles. The molecule has 0 bridgehead atoms. The largest absolute Gasteiger partial charge is 0.454 e. The van der Waals surface area contributed by atoms with Gasteiger partial charge in [-0.2, -0.15) is 0 Å². The molecule has 1 unspecified atom stereocenters. The van der Waals surface area contributed by atoms with Gasteiger partial charge < -0.3 is 34.3 Å². The van der Waals surface area contributed by atoms with Crippen molar-refractivity contribution in [1.82, 2.24) is 20.2 Å². The number of aromatic nitrogens is 2. The van der Waals surface area contributed by atoms with Crippen molar-refractivity contribution < 1.29 is 33.3 Å². The van der Waals surface area contributed by atoms with E-state index in [9.17, 15) is 14.4 Å². The summed E-state index contributed by atoms with van der Waals surface area (Å²) >= 11 is 1.18. The van der Waals surface area contributed by atoms with Crippen LogP contribution in [-0.2, 0) is 27.4 Å². The van der Waals surface area contributed by atoms with Gasteiger partial charge in [0.25, 0.3) is 5.56 Å². The molecular formula is C28H30N4O8S. The van der Waals surface area contributed by atoms with E-state index in [1.807, 2.05) is 18.2 Å². The first-order chi connectivity index (χ1) is 20.0. The van der Waals surface area contributed by atoms with E-state index in [1.165, 1.54) is 16.3 Å². The van der Waals surface area contributed by atoms with Crippen LogP contribution in [-0.4, -0.2) is 60.0 Å². The number of fused-ring (bicyclic) bond motifs is 3. The van der Waals surface area contributed by atoms with E-state index in [-0.39, 0.29) is 55.8 Å². The Balaban J connectivity index is 1.10. The van der Waals surface area contributed by atoms with Crippen molar-refractivity contribution in [1.29, 1.82) is 0 Å². The molecule has 2 amide bonds. The minimum atomic E-state index is -0.267. The maximum atomic E-state index is 13.5. The average molecular weight is 583 g/mol. The molecule has 0 radical (unpaired) electrons. The van der Waals surface area contributed by atoms with Crippen molar-refractivity contribution in [2.24, 2.45) is 0 Å². The topological polar surface area (TPSA) is 139 Å². The molecule has 1 saturated heterocycles. The first-order valence-corrected chi connectivity index (χ1v) is 14.5. The lowest BCUT2D eigenvalue weighted by atomic mass is 10.2. The molecule has 2 N–H and O–H groups in total. The molecule has 2 aromatic carbocycles. The van der Waals surface area contributed by atoms with Gasteiger partial charge in [-0.05, 0) is 43.0 Å². The zero-order valence-corrected chi connectivity index (χ0v) is 23.1. The summed E-state index contributed by atoms with van der Waals surface area (Å²) in [6, 6.07) is 8.84. The summed E-state index contributed by atoms with van der Waals surface area (Å²) in [4.78, 5) is 43.3. The summed E-state index contributed by atoms with van der Waals surface area (Å²) in [5.41, 5.74) is 1.09. The molecule has 1 atom stereocenters. The van der Waals surface area contributed by atoms with Crippen molar-refractivity contribution in [3.63, 3.8) is 0 Å². The third-order valence-electron chi connectivity index (χ3n) is 7.01. The fraction of sp³-hybridized carbons (Fsp3) is 0.429. The molecule has 3 aliphatic heterocycles. The van der Waals surface area contributed by atoms with E-state index in [4.69, 9.17) is 23.7 Å². The normalized spacial score (nSPS) is 16.7. The maximum Gasteiger partial charge on any atom is 0.262 e. The summed E-state index contributed by atoms with van der Waals surface area (Å²) in [6.07, 6.45) is 2.59. The monoisotopic (exact) mass is 582 g/mol. The Morgan fingerprint density at radius 1 is 0.976 bits per heavy atom. The molecule has 13 heteroatoms. The maximum absolute atomic E-state index is 13.5. The SMILES string of the molecule is O=C(CCCn1c(SCC(=O)NCC2CCCO2)nc2cc3c(cc2c1=O)OCO3)NCc1ccc2c(c1)OCO2. The van der Waals surface area contributed by atoms with Crippen LogP contribution in [0, 0.1) is 0 Å². The molecule has 3 aromatic rings. The van der Waals surface area contributed by atoms with Gasteiger partial charge >= 0.3 is 0 Å². The average Bonchev–Trinajstić information content (AvgIpc) is 3.76. The van der Waals surface area contributed by atoms with Crippen LogP contribution in [0.4, 0.5) is 0 Å². The molecule has 0 spiro atoms. The van der Waals surface area contributed by atoms with Gasteiger partial charge in [0.2, 0.25) is 25.4 Å². The Hall–Kier alpha value is -3.97. The molecule has 3 aliphatic rings. The number of ether oxygens (including phenoxy) is 5. The van der Waals surface area contributed by atoms with Crippen LogP contribution in [0.2, 0.25) is 0 Å². The third-order valence-corrected chi connectivity index (χ3v) is 7.99. The van der Waals surface area contributed by atoms with E-state index >= 15 is 0 Å². The van der Waals surface area contributed by atoms with Crippen LogP contribution in [0.15, 0.2) is 40.3 Å². The zero-order chi connectivity index (χ0) is 28.2. The third kappa shape index (κ3) is 6.35. The van der Waals surface area contributed by atoms with Crippen LogP contribution in [0.5, 0.6) is 23.0 Å². The Morgan fingerprint density at radius 3 is 2.56 bits per heavy atom. The van der Waals surface area contributed by atoms with E-state index in [2.05, 4.69) is 15.6 Å². The van der Waals surface area contributed by atoms with Gasteiger partial charge in [-0.1, -0.05) is 17.8 Å². The number of thioether (sulfide) groups is 1. The highest BCUT2D eigenvalue weighted by Gasteiger charge is 2.21. The second-order valence-electron chi connectivity index (χ2n) is 9.87. The van der Waals surface area contributed by atoms with Gasteiger partial charge in [-0.25, -0.2) is 4.98 Å². The lowest BCUT2D eigenvalue weighted by molar-refractivity contribution is -0.121. The summed E-state index contributed by atoms with van der Waals surface area (Å²) in [5, 5.41) is 6.58. The van der Waals surface area contributed by atoms with Gasteiger partial charge in [0, 0.05) is 38.7 Å². The van der Waals surface area contributed by atoms with Crippen LogP contribution in [0.3, 0.4) is 0 Å². The second kappa shape index (κ2) is 12.3. The van der Waals surface area contributed by atoms with Crippen LogP contribution in [0.1, 0.15) is 31.2 Å². The molecule has 6 rings (SSSR count). The number of amides is 2. The second-order valence-corrected chi connectivity index (χ2v) is 10.8. The van der Waals surface area contributed by atoms with Crippen molar-refractivity contribution in [2.75, 3.05) is 32.5 Å². The van der Waals surface area contributed by atoms with E-state index < -0.39 is 0 Å². The highest BCUT2D eigenvalue weighted by Crippen LogP contribution is 2.35. The summed E-state index contributed by atoms with van der Waals surface area (Å²) in [6.45, 7) is 2.06. The smallest absolute Gasteiger partial charge is 0.262 e. The van der Waals surface area contributed by atoms with Gasteiger partial charge in [-0.15, -0.1) is 0 Å². The molecular weight excluding hydrogens is 552 g/mol. The first-order valence-electron chi connectivity index (χ1n) is 13.5. The highest BCUT2D eigenvalue weighted by molar-refractivity contribution is 7.99. The number of carbonyl (C=O) groups is 2. The predicted octanol–water partition coefficient (Wildman–Crippen LogP) is 2.34. The number of nitrogens with zero attached hydrogens (tertiary/aromatic N) is 2. The van der Waals surface area contributed by atoms with E-state index in [0.29, 0.717) is 58.6 Å². The van der Waals surface area contributed by atoms with E-state index in [1.54, 1.807) is 12.1 Å². The fourth-order valence-corrected chi connectivity index (χ4v) is 5.71. The van der Waals surface area contributed by atoms with Crippen LogP contribution in [0.25, 0.3) is 10.9 Å². The highest BCUT2D eigenvalue weighted by atomic mass is 32.2. The number of benzene rings is 2. The van der Waals surface area contributed by atoms with Crippen molar-refractivity contribution >= 4 is 34.5 Å². The standard InChI is InChI=1S/C28H30N4O8S/c33-25(29-12-17-5-6-21-22(9-17)38-15-37-21)4-1-7-32-27(35)19-10-23-24(40-16-39-23)11-20(19)31-28(32)41-14-26(34)30-13-18-3-2-8-36-18/h5-6,9-11,18H,1-4,7-8,12-16H2,(H,29,33)(H,30,34). The number of hydrogen-bond acceptors (Lipinski definition) is 10. The lowest BCUT2D eigenvalue weighted by Gasteiger charge is -2.14. The molecule has 12 nitrogen and oxygen atoms in total. The van der Waals surface area contributed by atoms with Gasteiger partial charge in [0.1, 0.15) is 0 Å². The van der Waals surface area contributed by atoms with Crippen molar-refractivity contribution in [3.05, 3.63) is 46.2 Å². The van der Waals surface area contributed by atoms with Crippen LogP contribution < -0.4 is 35.1 Å². The predicted molar refractivity (Wildman–Crippen MR) is 148 cm³/mol. The number of rotatable bonds is 11. The summed E-state index contributed by atoms with van der Waals surface area (Å²) in [7, 11) is 0. The molecule has 216 valence electrons. The quantitative estimate of drug-likeness (QED) is 0.256. The number of hydrogen-bond donors (Lipinski definition) is 2. The summed E-state index contributed by atoms with van der Waals surface area (Å²) in [5.74, 6) is 2.13. The molecule has 1 fully saturated rings. The number of carbonyl (C=O) groups excluding carboxylic acids is 2. The van der Waals surface area contributed by atoms with E-state index in [0.717, 1.165) is 25.0 Å². The number of nitrogens with one attached hydrogen (secondary N) is 2. The van der Waals surface area contributed by atoms with Gasteiger partial charge in [0.05, 0.1) is 22.8 Å². The minimum absolute atomic E-state index is 0.0430. The Labute approximate surface area is 239 Å². The van der Waals surface area contributed by atoms with Crippen LogP contribution >= 0.6 is 11.8 Å². The fourth-order valence-electron chi connectivity index (χ4n) is 4.85. The Kier molecular flexibility index (Phi) is 8.14. The molecule has 0 saturated carbocycles. The van der Waals surface area contributed by atoms with Crippen molar-refractivity contribution in [2.45, 2.75) is 50.0 Å². The molecule has 1 aromatic heterocycles. The summed E-state index contributed by atoms with van der Waals surface area (Å²) < 4.78 is 28.7. The first kappa shape index (κ1) is 27.2. The molecule has 0 aliphatic carbocycles. The van der Waals surface area contributed by atoms with Gasteiger partial charge in [0.15, 0.2) is 28.2 Å². The Bertz CT molecular complexity index is 1520. The van der Waals surface area contributed by atoms with Gasteiger partial charge in [-0.3, -0.25) is 19.0 Å².